The Morgan fingerprint density at radius 3 is 2.71 bits per heavy atom. The zero-order chi connectivity index (χ0) is 11.7. The highest BCUT2D eigenvalue weighted by Gasteiger charge is 2.17. The van der Waals surface area contributed by atoms with Gasteiger partial charge in [0.05, 0.1) is 12.3 Å². The fourth-order valence-corrected chi connectivity index (χ4v) is 2.22. The van der Waals surface area contributed by atoms with Gasteiger partial charge in [0.25, 0.3) is 0 Å². The van der Waals surface area contributed by atoms with Crippen molar-refractivity contribution >= 4 is 5.82 Å². The number of anilines is 1. The van der Waals surface area contributed by atoms with E-state index in [1.54, 1.807) is 0 Å². The second-order valence-corrected chi connectivity index (χ2v) is 4.39. The molecule has 0 spiro atoms. The topological polar surface area (TPSA) is 63.9 Å². The molecule has 0 radical (unpaired) electrons. The summed E-state index contributed by atoms with van der Waals surface area (Å²) in [5.41, 5.74) is 9.00. The lowest BCUT2D eigenvalue weighted by atomic mass is 9.97. The number of hydrogen-bond acceptors (Lipinski definition) is 3. The van der Waals surface area contributed by atoms with Crippen molar-refractivity contribution in [1.82, 2.24) is 10.2 Å². The minimum Gasteiger partial charge on any atom is -0.382 e. The average Bonchev–Trinajstić information content (AvgIpc) is 3.00. The van der Waals surface area contributed by atoms with Crippen molar-refractivity contribution in [2.24, 2.45) is 0 Å². The Kier molecular flexibility index (Phi) is 2.57. The van der Waals surface area contributed by atoms with Crippen molar-refractivity contribution in [3.05, 3.63) is 35.9 Å². The normalized spacial score (nSPS) is 19.6. The monoisotopic (exact) mass is 229 g/mol. The molecular weight excluding hydrogens is 214 g/mol. The van der Waals surface area contributed by atoms with E-state index in [2.05, 4.69) is 34.5 Å². The second-order valence-electron chi connectivity index (χ2n) is 4.39. The van der Waals surface area contributed by atoms with Crippen LogP contribution in [-0.4, -0.2) is 23.4 Å². The van der Waals surface area contributed by atoms with Crippen LogP contribution in [0.2, 0.25) is 0 Å². The zero-order valence-electron chi connectivity index (χ0n) is 9.52. The summed E-state index contributed by atoms with van der Waals surface area (Å²) in [6.07, 6.45) is 1.12. The van der Waals surface area contributed by atoms with Gasteiger partial charge in [-0.1, -0.05) is 24.3 Å². The van der Waals surface area contributed by atoms with Crippen LogP contribution in [0.5, 0.6) is 0 Å². The third-order valence-corrected chi connectivity index (χ3v) is 3.22. The Morgan fingerprint density at radius 1 is 1.29 bits per heavy atom. The van der Waals surface area contributed by atoms with Crippen molar-refractivity contribution in [2.75, 3.05) is 18.9 Å². The summed E-state index contributed by atoms with van der Waals surface area (Å²) >= 11 is 0. The maximum Gasteiger partial charge on any atom is 0.145 e. The molecule has 2 heterocycles. The Bertz CT molecular complexity index is 498. The molecule has 0 bridgehead atoms. The highest BCUT2D eigenvalue weighted by Crippen LogP contribution is 2.27. The highest BCUT2D eigenvalue weighted by atomic mass is 16.5. The zero-order valence-corrected chi connectivity index (χ0v) is 9.52. The molecule has 2 aromatic rings. The lowest BCUT2D eigenvalue weighted by molar-refractivity contribution is 0.194. The number of H-pyrrole nitrogens is 1. The van der Waals surface area contributed by atoms with Gasteiger partial charge in [0, 0.05) is 18.6 Å². The van der Waals surface area contributed by atoms with Crippen molar-refractivity contribution in [2.45, 2.75) is 12.3 Å². The van der Waals surface area contributed by atoms with Gasteiger partial charge in [-0.15, -0.1) is 0 Å². The van der Waals surface area contributed by atoms with Crippen LogP contribution < -0.4 is 5.73 Å². The molecule has 4 heteroatoms. The average molecular weight is 229 g/mol. The van der Waals surface area contributed by atoms with Crippen LogP contribution in [0, 0.1) is 0 Å². The van der Waals surface area contributed by atoms with Crippen LogP contribution in [0.3, 0.4) is 0 Å². The van der Waals surface area contributed by atoms with E-state index in [0.717, 1.165) is 30.9 Å². The van der Waals surface area contributed by atoms with E-state index in [-0.39, 0.29) is 0 Å². The lowest BCUT2D eigenvalue weighted by Crippen LogP contribution is -1.96. The number of aromatic nitrogens is 2. The number of benzene rings is 1. The Labute approximate surface area is 99.8 Å². The molecule has 1 unspecified atom stereocenters. The van der Waals surface area contributed by atoms with Crippen LogP contribution in [0.1, 0.15) is 17.9 Å². The van der Waals surface area contributed by atoms with Crippen molar-refractivity contribution in [3.8, 4) is 11.3 Å². The van der Waals surface area contributed by atoms with Crippen LogP contribution in [-0.2, 0) is 4.74 Å². The van der Waals surface area contributed by atoms with E-state index < -0.39 is 0 Å². The molecule has 0 aliphatic carbocycles. The maximum atomic E-state index is 5.59. The number of rotatable bonds is 2. The van der Waals surface area contributed by atoms with E-state index in [1.807, 2.05) is 6.07 Å². The molecule has 1 aromatic heterocycles. The Balaban J connectivity index is 1.84. The number of nitrogens with two attached hydrogens (primary N) is 1. The Morgan fingerprint density at radius 2 is 2.12 bits per heavy atom. The Hall–Kier alpha value is -1.81. The summed E-state index contributed by atoms with van der Waals surface area (Å²) in [4.78, 5) is 0. The van der Waals surface area contributed by atoms with Crippen LogP contribution in [0.25, 0.3) is 11.3 Å². The number of nitrogen functional groups attached to an aromatic ring is 1. The molecule has 4 nitrogen and oxygen atoms in total. The van der Waals surface area contributed by atoms with E-state index in [1.165, 1.54) is 5.56 Å². The summed E-state index contributed by atoms with van der Waals surface area (Å²) in [5, 5.41) is 6.84. The summed E-state index contributed by atoms with van der Waals surface area (Å²) < 4.78 is 5.40. The first kappa shape index (κ1) is 10.4. The smallest absolute Gasteiger partial charge is 0.145 e. The number of hydrogen-bond donors (Lipinski definition) is 2. The summed E-state index contributed by atoms with van der Waals surface area (Å²) in [5.74, 6) is 1.07. The van der Waals surface area contributed by atoms with Crippen LogP contribution in [0.15, 0.2) is 30.3 Å². The largest absolute Gasteiger partial charge is 0.382 e. The first-order valence-corrected chi connectivity index (χ1v) is 5.82. The number of aromatic amines is 1. The molecule has 1 atom stereocenters. The van der Waals surface area contributed by atoms with Crippen molar-refractivity contribution in [3.63, 3.8) is 0 Å². The molecule has 0 saturated carbocycles. The molecule has 3 N–H and O–H groups in total. The summed E-state index contributed by atoms with van der Waals surface area (Å²) in [6.45, 7) is 1.72. The quantitative estimate of drug-likeness (QED) is 0.829. The number of nitrogens with one attached hydrogen (secondary N) is 1. The van der Waals surface area contributed by atoms with Crippen LogP contribution >= 0.6 is 0 Å². The predicted octanol–water partition coefficient (Wildman–Crippen LogP) is 2.16. The van der Waals surface area contributed by atoms with Gasteiger partial charge in [-0.3, -0.25) is 5.10 Å². The van der Waals surface area contributed by atoms with Crippen LogP contribution in [0.4, 0.5) is 5.82 Å². The minimum atomic E-state index is 0.522. The second kappa shape index (κ2) is 4.22. The van der Waals surface area contributed by atoms with Gasteiger partial charge >= 0.3 is 0 Å². The van der Waals surface area contributed by atoms with Crippen molar-refractivity contribution in [1.29, 1.82) is 0 Å². The van der Waals surface area contributed by atoms with Gasteiger partial charge in [0.15, 0.2) is 0 Å². The first-order chi connectivity index (χ1) is 8.33. The molecule has 1 fully saturated rings. The molecule has 17 heavy (non-hydrogen) atoms. The first-order valence-electron chi connectivity index (χ1n) is 5.82. The van der Waals surface area contributed by atoms with Gasteiger partial charge in [0.1, 0.15) is 5.82 Å². The van der Waals surface area contributed by atoms with E-state index in [9.17, 15) is 0 Å². The third-order valence-electron chi connectivity index (χ3n) is 3.22. The lowest BCUT2D eigenvalue weighted by Gasteiger charge is -2.08. The number of ether oxygens (including phenoxy) is 1. The third kappa shape index (κ3) is 2.03. The SMILES string of the molecule is Nc1cc(-c2ccc(C3CCOC3)cc2)[nH]n1. The van der Waals surface area contributed by atoms with Gasteiger partial charge in [-0.2, -0.15) is 5.10 Å². The molecule has 3 rings (SSSR count). The molecule has 1 saturated heterocycles. The number of nitrogens with zero attached hydrogens (tertiary/aromatic N) is 1. The van der Waals surface area contributed by atoms with E-state index >= 15 is 0 Å². The van der Waals surface area contributed by atoms with Gasteiger partial charge in [0.2, 0.25) is 0 Å². The van der Waals surface area contributed by atoms with Gasteiger partial charge < -0.3 is 10.5 Å². The molecule has 1 aliphatic rings. The standard InChI is InChI=1S/C13H15N3O/c14-13-7-12(15-16-13)10-3-1-9(2-4-10)11-5-6-17-8-11/h1-4,7,11H,5-6,8H2,(H3,14,15,16). The molecule has 1 aliphatic heterocycles. The highest BCUT2D eigenvalue weighted by molar-refractivity contribution is 5.62. The predicted molar refractivity (Wildman–Crippen MR) is 66.6 cm³/mol. The van der Waals surface area contributed by atoms with E-state index in [0.29, 0.717) is 11.7 Å². The molecular formula is C13H15N3O. The molecule has 0 amide bonds. The van der Waals surface area contributed by atoms with Crippen molar-refractivity contribution < 1.29 is 4.74 Å². The maximum absolute atomic E-state index is 5.59. The summed E-state index contributed by atoms with van der Waals surface area (Å²) in [7, 11) is 0. The summed E-state index contributed by atoms with van der Waals surface area (Å²) in [6, 6.07) is 10.4. The molecule has 88 valence electrons. The fourth-order valence-electron chi connectivity index (χ4n) is 2.22. The fraction of sp³-hybridized carbons (Fsp3) is 0.308. The molecule has 1 aromatic carbocycles. The van der Waals surface area contributed by atoms with E-state index in [4.69, 9.17) is 10.5 Å². The van der Waals surface area contributed by atoms with Gasteiger partial charge in [-0.25, -0.2) is 0 Å². The minimum absolute atomic E-state index is 0.522. The van der Waals surface area contributed by atoms with Gasteiger partial charge in [-0.05, 0) is 17.5 Å².